The zero-order valence-corrected chi connectivity index (χ0v) is 19.6. The van der Waals surface area contributed by atoms with Gasteiger partial charge in [0.2, 0.25) is 11.8 Å². The van der Waals surface area contributed by atoms with Crippen molar-refractivity contribution in [2.45, 2.75) is 45.3 Å². The van der Waals surface area contributed by atoms with E-state index in [-0.39, 0.29) is 35.0 Å². The maximum absolute atomic E-state index is 13.4. The van der Waals surface area contributed by atoms with Gasteiger partial charge in [0.25, 0.3) is 5.69 Å². The summed E-state index contributed by atoms with van der Waals surface area (Å²) < 4.78 is 47.0. The molecule has 1 aliphatic rings. The highest BCUT2D eigenvalue weighted by atomic mass is 19.4. The van der Waals surface area contributed by atoms with E-state index in [1.165, 1.54) is 13.0 Å². The molecular weight excluding hydrogens is 495 g/mol. The minimum atomic E-state index is -4.63. The molecule has 37 heavy (non-hydrogen) atoms. The van der Waals surface area contributed by atoms with E-state index in [2.05, 4.69) is 15.7 Å². The number of anilines is 2. The molecule has 0 atom stereocenters. The Morgan fingerprint density at radius 3 is 2.41 bits per heavy atom. The molecule has 0 bridgehead atoms. The number of benzene rings is 2. The Balaban J connectivity index is 1.53. The van der Waals surface area contributed by atoms with Crippen LogP contribution in [0.15, 0.2) is 42.5 Å². The fraction of sp³-hybridized carbons (Fsp3) is 0.292. The maximum Gasteiger partial charge on any atom is 0.435 e. The summed E-state index contributed by atoms with van der Waals surface area (Å²) in [5.41, 5.74) is -0.298. The fourth-order valence-corrected chi connectivity index (χ4v) is 4.13. The summed E-state index contributed by atoms with van der Waals surface area (Å²) in [6.45, 7) is 0.877. The molecule has 0 saturated heterocycles. The van der Waals surface area contributed by atoms with Crippen molar-refractivity contribution in [3.05, 3.63) is 69.5 Å². The summed E-state index contributed by atoms with van der Waals surface area (Å²) in [5.74, 6) is -0.587. The average molecular weight is 517 g/mol. The van der Waals surface area contributed by atoms with Gasteiger partial charge in [-0.2, -0.15) is 18.3 Å². The summed E-state index contributed by atoms with van der Waals surface area (Å²) in [6.07, 6.45) is -2.71. The number of nitrogens with zero attached hydrogens (tertiary/aromatic N) is 3. The third kappa shape index (κ3) is 6.23. The van der Waals surface area contributed by atoms with Gasteiger partial charge in [-0.25, -0.2) is 0 Å². The molecule has 1 heterocycles. The molecule has 1 aromatic heterocycles. The Morgan fingerprint density at radius 2 is 1.76 bits per heavy atom. The van der Waals surface area contributed by atoms with Gasteiger partial charge in [0.05, 0.1) is 16.7 Å². The number of carbonyl (C=O) groups excluding carboxylic acids is 2. The zero-order valence-electron chi connectivity index (χ0n) is 19.6. The van der Waals surface area contributed by atoms with E-state index in [0.29, 0.717) is 36.4 Å². The number of aromatic nitrogens is 2. The van der Waals surface area contributed by atoms with Crippen molar-refractivity contribution in [2.75, 3.05) is 10.6 Å². The smallest absolute Gasteiger partial charge is 0.435 e. The molecule has 4 rings (SSSR count). The van der Waals surface area contributed by atoms with Crippen LogP contribution in [0.4, 0.5) is 30.2 Å². The highest BCUT2D eigenvalue weighted by molar-refractivity contribution is 5.91. The van der Waals surface area contributed by atoms with E-state index in [0.717, 1.165) is 16.8 Å². The molecule has 13 heteroatoms. The lowest BCUT2D eigenvalue weighted by molar-refractivity contribution is -0.384. The minimum Gasteiger partial charge on any atom is -0.457 e. The molecule has 0 radical (unpaired) electrons. The maximum atomic E-state index is 13.4. The number of nitro benzene ring substituents is 1. The SMILES string of the molecule is CC(=O)Nc1ccc(Oc2cc(NC(=O)Cn3nc(C(F)(F)F)c4c3CCCC4)cc([N+](=O)[O-])c2)cc1. The predicted octanol–water partition coefficient (Wildman–Crippen LogP) is 5.08. The number of non-ortho nitro benzene ring substituents is 1. The van der Waals surface area contributed by atoms with E-state index >= 15 is 0 Å². The number of halogens is 3. The van der Waals surface area contributed by atoms with Gasteiger partial charge < -0.3 is 15.4 Å². The first kappa shape index (κ1) is 25.7. The van der Waals surface area contributed by atoms with E-state index in [1.54, 1.807) is 24.3 Å². The van der Waals surface area contributed by atoms with Gasteiger partial charge in [0.1, 0.15) is 18.0 Å². The summed E-state index contributed by atoms with van der Waals surface area (Å²) in [7, 11) is 0. The van der Waals surface area contributed by atoms with Gasteiger partial charge >= 0.3 is 6.18 Å². The van der Waals surface area contributed by atoms with Crippen LogP contribution in [0.5, 0.6) is 11.5 Å². The summed E-state index contributed by atoms with van der Waals surface area (Å²) >= 11 is 0. The third-order valence-electron chi connectivity index (χ3n) is 5.61. The van der Waals surface area contributed by atoms with Crippen LogP contribution in [0, 0.1) is 10.1 Å². The largest absolute Gasteiger partial charge is 0.457 e. The second-order valence-electron chi connectivity index (χ2n) is 8.46. The molecule has 0 unspecified atom stereocenters. The van der Waals surface area contributed by atoms with Gasteiger partial charge in [-0.3, -0.25) is 24.4 Å². The monoisotopic (exact) mass is 517 g/mol. The zero-order chi connectivity index (χ0) is 26.7. The summed E-state index contributed by atoms with van der Waals surface area (Å²) in [5, 5.41) is 20.2. The molecule has 10 nitrogen and oxygen atoms in total. The summed E-state index contributed by atoms with van der Waals surface area (Å²) in [4.78, 5) is 34.6. The van der Waals surface area contributed by atoms with E-state index in [1.807, 2.05) is 0 Å². The van der Waals surface area contributed by atoms with Crippen molar-refractivity contribution in [1.29, 1.82) is 0 Å². The number of fused-ring (bicyclic) bond motifs is 1. The van der Waals surface area contributed by atoms with Crippen molar-refractivity contribution < 1.29 is 32.4 Å². The second kappa shape index (κ2) is 10.3. The quantitative estimate of drug-likeness (QED) is 0.332. The van der Waals surface area contributed by atoms with Crippen LogP contribution in [0.1, 0.15) is 36.7 Å². The predicted molar refractivity (Wildman–Crippen MR) is 126 cm³/mol. The van der Waals surface area contributed by atoms with Crippen molar-refractivity contribution in [3.63, 3.8) is 0 Å². The van der Waals surface area contributed by atoms with Gasteiger partial charge in [-0.1, -0.05) is 0 Å². The molecule has 0 spiro atoms. The highest BCUT2D eigenvalue weighted by Gasteiger charge is 2.39. The first-order chi connectivity index (χ1) is 17.5. The lowest BCUT2D eigenvalue weighted by Crippen LogP contribution is -2.22. The minimum absolute atomic E-state index is 0.0288. The van der Waals surface area contributed by atoms with Crippen molar-refractivity contribution in [3.8, 4) is 11.5 Å². The van der Waals surface area contributed by atoms with Gasteiger partial charge in [0, 0.05) is 36.0 Å². The second-order valence-corrected chi connectivity index (χ2v) is 8.46. The standard InChI is InChI=1S/C24H22F3N5O5/c1-14(33)28-15-6-8-18(9-7-15)37-19-11-16(10-17(12-19)32(35)36)29-22(34)13-31-21-5-3-2-4-20(21)23(30-31)24(25,26)27/h6-12H,2-5,13H2,1H3,(H,28,33)(H,29,34). The lowest BCUT2D eigenvalue weighted by atomic mass is 9.95. The summed E-state index contributed by atoms with van der Waals surface area (Å²) in [6, 6.07) is 9.88. The Kier molecular flexibility index (Phi) is 7.14. The van der Waals surface area contributed by atoms with Gasteiger partial charge in [-0.05, 0) is 49.9 Å². The average Bonchev–Trinajstić information content (AvgIpc) is 3.19. The number of nitro groups is 1. The van der Waals surface area contributed by atoms with Crippen LogP contribution in [0.2, 0.25) is 0 Å². The van der Waals surface area contributed by atoms with E-state index in [4.69, 9.17) is 4.74 Å². The van der Waals surface area contributed by atoms with Crippen LogP contribution in [0.3, 0.4) is 0 Å². The Hall–Kier alpha value is -4.42. The van der Waals surface area contributed by atoms with Crippen LogP contribution >= 0.6 is 0 Å². The Bertz CT molecular complexity index is 1350. The third-order valence-corrected chi connectivity index (χ3v) is 5.61. The van der Waals surface area contributed by atoms with Crippen molar-refractivity contribution >= 4 is 28.9 Å². The fourth-order valence-electron chi connectivity index (χ4n) is 4.13. The van der Waals surface area contributed by atoms with E-state index in [9.17, 15) is 32.9 Å². The number of nitrogens with one attached hydrogen (secondary N) is 2. The molecule has 2 aromatic carbocycles. The van der Waals surface area contributed by atoms with Crippen LogP contribution in [-0.2, 0) is 35.2 Å². The number of hydrogen-bond acceptors (Lipinski definition) is 6. The topological polar surface area (TPSA) is 128 Å². The van der Waals surface area contributed by atoms with Crippen LogP contribution in [-0.4, -0.2) is 26.5 Å². The van der Waals surface area contributed by atoms with Gasteiger partial charge in [0.15, 0.2) is 5.69 Å². The van der Waals surface area contributed by atoms with E-state index < -0.39 is 29.2 Å². The Morgan fingerprint density at radius 1 is 1.05 bits per heavy atom. The molecule has 2 N–H and O–H groups in total. The molecule has 1 aliphatic carbocycles. The number of carbonyl (C=O) groups is 2. The molecule has 0 saturated carbocycles. The van der Waals surface area contributed by atoms with Crippen LogP contribution < -0.4 is 15.4 Å². The Labute approximate surface area is 208 Å². The molecule has 3 aromatic rings. The number of rotatable bonds is 7. The van der Waals surface area contributed by atoms with Crippen molar-refractivity contribution in [2.24, 2.45) is 0 Å². The number of alkyl halides is 3. The van der Waals surface area contributed by atoms with Crippen LogP contribution in [0.25, 0.3) is 0 Å². The molecule has 2 amide bonds. The molecule has 194 valence electrons. The lowest BCUT2D eigenvalue weighted by Gasteiger charge is -2.15. The molecule has 0 fully saturated rings. The highest BCUT2D eigenvalue weighted by Crippen LogP contribution is 2.36. The number of ether oxygens (including phenoxy) is 1. The van der Waals surface area contributed by atoms with Crippen molar-refractivity contribution in [1.82, 2.24) is 9.78 Å². The molecular formula is C24H22F3N5O5. The number of hydrogen-bond donors (Lipinski definition) is 2. The number of amides is 2. The first-order valence-corrected chi connectivity index (χ1v) is 11.3. The normalized spacial score (nSPS) is 13.0. The first-order valence-electron chi connectivity index (χ1n) is 11.3. The van der Waals surface area contributed by atoms with Gasteiger partial charge in [-0.15, -0.1) is 0 Å². The molecule has 0 aliphatic heterocycles.